The second-order valence-corrected chi connectivity index (χ2v) is 4.98. The van der Waals surface area contributed by atoms with Gasteiger partial charge in [0.2, 0.25) is 5.95 Å². The fraction of sp³-hybridized carbons (Fsp3) is 0.250. The standard InChI is InChI=1S/C12H12N4OS/c13-11-14-7-15-12(16-11)18-6-9-5-8-3-1-2-4-10(8)17-9/h1-4,7,9H,5-6H2,(H2,13,14,15,16). The second-order valence-electron chi connectivity index (χ2n) is 3.99. The van der Waals surface area contributed by atoms with Crippen molar-refractivity contribution in [1.29, 1.82) is 0 Å². The molecular weight excluding hydrogens is 248 g/mol. The van der Waals surface area contributed by atoms with Crippen LogP contribution >= 0.6 is 11.8 Å². The van der Waals surface area contributed by atoms with Gasteiger partial charge in [-0.25, -0.2) is 9.97 Å². The molecule has 3 rings (SSSR count). The molecule has 0 amide bonds. The number of thioether (sulfide) groups is 1. The number of nitrogen functional groups attached to an aromatic ring is 1. The molecule has 2 heterocycles. The van der Waals surface area contributed by atoms with Gasteiger partial charge in [0.05, 0.1) is 0 Å². The molecule has 1 unspecified atom stereocenters. The molecule has 0 saturated carbocycles. The number of benzene rings is 1. The lowest BCUT2D eigenvalue weighted by atomic mass is 10.1. The maximum Gasteiger partial charge on any atom is 0.223 e. The second kappa shape index (κ2) is 4.81. The topological polar surface area (TPSA) is 73.9 Å². The Labute approximate surface area is 109 Å². The van der Waals surface area contributed by atoms with Crippen molar-refractivity contribution in [2.75, 3.05) is 11.5 Å². The first-order chi connectivity index (χ1) is 8.81. The summed E-state index contributed by atoms with van der Waals surface area (Å²) in [5, 5.41) is 0.641. The number of fused-ring (bicyclic) bond motifs is 1. The highest BCUT2D eigenvalue weighted by Crippen LogP contribution is 2.30. The summed E-state index contributed by atoms with van der Waals surface area (Å²) in [7, 11) is 0. The maximum atomic E-state index is 5.84. The van der Waals surface area contributed by atoms with Crippen LogP contribution in [0.1, 0.15) is 5.56 Å². The molecule has 0 fully saturated rings. The van der Waals surface area contributed by atoms with E-state index in [1.54, 1.807) is 0 Å². The minimum atomic E-state index is 0.172. The molecule has 2 N–H and O–H groups in total. The number of para-hydroxylation sites is 1. The molecule has 1 atom stereocenters. The third-order valence-electron chi connectivity index (χ3n) is 2.68. The maximum absolute atomic E-state index is 5.84. The van der Waals surface area contributed by atoms with E-state index in [1.807, 2.05) is 18.2 Å². The lowest BCUT2D eigenvalue weighted by Gasteiger charge is -2.09. The Morgan fingerprint density at radius 3 is 3.06 bits per heavy atom. The van der Waals surface area contributed by atoms with Crippen molar-refractivity contribution < 1.29 is 4.74 Å². The molecule has 1 aromatic heterocycles. The zero-order chi connectivity index (χ0) is 12.4. The summed E-state index contributed by atoms with van der Waals surface area (Å²) in [5.41, 5.74) is 6.77. The third-order valence-corrected chi connectivity index (χ3v) is 3.67. The predicted molar refractivity (Wildman–Crippen MR) is 69.5 cm³/mol. The van der Waals surface area contributed by atoms with E-state index in [0.29, 0.717) is 5.16 Å². The van der Waals surface area contributed by atoms with Gasteiger partial charge in [-0.3, -0.25) is 0 Å². The number of hydrogen-bond donors (Lipinski definition) is 1. The molecule has 5 nitrogen and oxygen atoms in total. The van der Waals surface area contributed by atoms with Crippen LogP contribution < -0.4 is 10.5 Å². The van der Waals surface area contributed by atoms with Gasteiger partial charge < -0.3 is 10.5 Å². The smallest absolute Gasteiger partial charge is 0.223 e. The van der Waals surface area contributed by atoms with E-state index in [1.165, 1.54) is 23.7 Å². The van der Waals surface area contributed by atoms with Crippen LogP contribution in [0.15, 0.2) is 35.7 Å². The van der Waals surface area contributed by atoms with Crippen LogP contribution in [-0.4, -0.2) is 26.8 Å². The summed E-state index contributed by atoms with van der Waals surface area (Å²) in [6.07, 6.45) is 2.53. The summed E-state index contributed by atoms with van der Waals surface area (Å²) in [5.74, 6) is 2.04. The molecule has 0 radical (unpaired) electrons. The first-order valence-corrected chi connectivity index (χ1v) is 6.62. The molecule has 6 heteroatoms. The van der Waals surface area contributed by atoms with E-state index >= 15 is 0 Å². The molecule has 0 spiro atoms. The Balaban J connectivity index is 1.60. The van der Waals surface area contributed by atoms with Gasteiger partial charge >= 0.3 is 0 Å². The van der Waals surface area contributed by atoms with E-state index in [0.717, 1.165) is 17.9 Å². The summed E-state index contributed by atoms with van der Waals surface area (Å²) in [6.45, 7) is 0. The molecule has 92 valence electrons. The Bertz CT molecular complexity index is 538. The van der Waals surface area contributed by atoms with Gasteiger partial charge in [-0.2, -0.15) is 4.98 Å². The molecule has 1 aliphatic rings. The molecule has 1 aliphatic heterocycles. The number of aromatic nitrogens is 3. The largest absolute Gasteiger partial charge is 0.489 e. The minimum absolute atomic E-state index is 0.172. The van der Waals surface area contributed by atoms with Crippen LogP contribution in [-0.2, 0) is 6.42 Å². The van der Waals surface area contributed by atoms with Crippen molar-refractivity contribution >= 4 is 17.7 Å². The predicted octanol–water partition coefficient (Wildman–Crippen LogP) is 1.55. The van der Waals surface area contributed by atoms with E-state index in [9.17, 15) is 0 Å². The van der Waals surface area contributed by atoms with Crippen LogP contribution in [0.3, 0.4) is 0 Å². The number of nitrogens with two attached hydrogens (primary N) is 1. The summed E-state index contributed by atoms with van der Waals surface area (Å²) in [4.78, 5) is 11.9. The highest BCUT2D eigenvalue weighted by Gasteiger charge is 2.22. The average Bonchev–Trinajstić information content (AvgIpc) is 2.79. The van der Waals surface area contributed by atoms with Crippen LogP contribution in [0.5, 0.6) is 5.75 Å². The summed E-state index contributed by atoms with van der Waals surface area (Å²) in [6, 6.07) is 8.12. The van der Waals surface area contributed by atoms with Crippen molar-refractivity contribution in [3.63, 3.8) is 0 Å². The van der Waals surface area contributed by atoms with Crippen LogP contribution in [0.25, 0.3) is 0 Å². The van der Waals surface area contributed by atoms with E-state index in [4.69, 9.17) is 10.5 Å². The molecule has 1 aromatic carbocycles. The van der Waals surface area contributed by atoms with Crippen LogP contribution in [0, 0.1) is 0 Å². The van der Waals surface area contributed by atoms with Gasteiger partial charge in [0.15, 0.2) is 5.16 Å². The van der Waals surface area contributed by atoms with Gasteiger partial charge in [-0.05, 0) is 11.6 Å². The summed E-state index contributed by atoms with van der Waals surface area (Å²) >= 11 is 1.54. The van der Waals surface area contributed by atoms with Crippen LogP contribution in [0.2, 0.25) is 0 Å². The normalized spacial score (nSPS) is 17.2. The van der Waals surface area contributed by atoms with Crippen LogP contribution in [0.4, 0.5) is 5.95 Å². The molecule has 0 saturated heterocycles. The van der Waals surface area contributed by atoms with Gasteiger partial charge in [-0.1, -0.05) is 30.0 Å². The third kappa shape index (κ3) is 2.38. The van der Waals surface area contributed by atoms with E-state index < -0.39 is 0 Å². The molecule has 2 aromatic rings. The Morgan fingerprint density at radius 1 is 1.33 bits per heavy atom. The van der Waals surface area contributed by atoms with Crippen molar-refractivity contribution in [3.8, 4) is 5.75 Å². The fourth-order valence-corrected chi connectivity index (χ4v) is 2.68. The fourth-order valence-electron chi connectivity index (χ4n) is 1.88. The van der Waals surface area contributed by atoms with Gasteiger partial charge in [-0.15, -0.1) is 0 Å². The quantitative estimate of drug-likeness (QED) is 0.844. The SMILES string of the molecule is Nc1ncnc(SCC2Cc3ccccc3O2)n1. The number of hydrogen-bond acceptors (Lipinski definition) is 6. The van der Waals surface area contributed by atoms with Gasteiger partial charge in [0, 0.05) is 12.2 Å². The minimum Gasteiger partial charge on any atom is -0.489 e. The zero-order valence-electron chi connectivity index (χ0n) is 9.61. The monoisotopic (exact) mass is 260 g/mol. The van der Waals surface area contributed by atoms with Gasteiger partial charge in [0.25, 0.3) is 0 Å². The number of rotatable bonds is 3. The Morgan fingerprint density at radius 2 is 2.22 bits per heavy atom. The number of nitrogens with zero attached hydrogens (tertiary/aromatic N) is 3. The van der Waals surface area contributed by atoms with E-state index in [2.05, 4.69) is 21.0 Å². The zero-order valence-corrected chi connectivity index (χ0v) is 10.4. The highest BCUT2D eigenvalue weighted by atomic mass is 32.2. The Hall–Kier alpha value is -1.82. The lowest BCUT2D eigenvalue weighted by molar-refractivity contribution is 0.259. The van der Waals surface area contributed by atoms with Gasteiger partial charge in [0.1, 0.15) is 18.2 Å². The number of anilines is 1. The van der Waals surface area contributed by atoms with Crippen molar-refractivity contribution in [3.05, 3.63) is 36.2 Å². The lowest BCUT2D eigenvalue weighted by Crippen LogP contribution is -2.16. The first-order valence-electron chi connectivity index (χ1n) is 5.63. The average molecular weight is 260 g/mol. The molecule has 0 aliphatic carbocycles. The molecule has 0 bridgehead atoms. The van der Waals surface area contributed by atoms with E-state index in [-0.39, 0.29) is 12.1 Å². The number of ether oxygens (including phenoxy) is 1. The molecular formula is C12H12N4OS. The Kier molecular flexibility index (Phi) is 3.02. The van der Waals surface area contributed by atoms with Crippen molar-refractivity contribution in [1.82, 2.24) is 15.0 Å². The van der Waals surface area contributed by atoms with Crippen molar-refractivity contribution in [2.24, 2.45) is 0 Å². The first kappa shape index (κ1) is 11.3. The summed E-state index contributed by atoms with van der Waals surface area (Å²) < 4.78 is 5.84. The van der Waals surface area contributed by atoms with Crippen molar-refractivity contribution in [2.45, 2.75) is 17.7 Å². The highest BCUT2D eigenvalue weighted by molar-refractivity contribution is 7.99. The molecule has 18 heavy (non-hydrogen) atoms.